The summed E-state index contributed by atoms with van der Waals surface area (Å²) in [6.07, 6.45) is -0.338. The highest BCUT2D eigenvalue weighted by Gasteiger charge is 2.77. The van der Waals surface area contributed by atoms with Crippen LogP contribution in [0.25, 0.3) is 0 Å². The van der Waals surface area contributed by atoms with Crippen LogP contribution in [0.4, 0.5) is 9.18 Å². The Morgan fingerprint density at radius 3 is 2.43 bits per heavy atom. The van der Waals surface area contributed by atoms with Crippen LogP contribution in [0.5, 0.6) is 0 Å². The predicted octanol–water partition coefficient (Wildman–Crippen LogP) is 1.06. The molecule has 0 unspecified atom stereocenters. The Kier molecular flexibility index (Phi) is 4.72. The van der Waals surface area contributed by atoms with Crippen LogP contribution >= 0.6 is 0 Å². The standard InChI is InChI=1S/C15H18FNO6/c1-3-5-22-12(18)10-8-7-9(16)15(11(8)10,13(19)20)17-14(21)23-6-4-2/h3-4,8-11H,1-2,5-7H2,(H,17,21)(H,19,20)/t8-,9-,10-,11-,15-/m0/s1. The molecule has 2 N–H and O–H groups in total. The van der Waals surface area contributed by atoms with Gasteiger partial charge in [0.15, 0.2) is 5.54 Å². The lowest BCUT2D eigenvalue weighted by molar-refractivity contribution is -0.150. The molecule has 0 saturated heterocycles. The van der Waals surface area contributed by atoms with Crippen molar-refractivity contribution in [2.75, 3.05) is 13.2 Å². The van der Waals surface area contributed by atoms with Gasteiger partial charge in [0.2, 0.25) is 0 Å². The number of hydrogen-bond acceptors (Lipinski definition) is 5. The molecular formula is C15H18FNO6. The first-order chi connectivity index (χ1) is 10.9. The highest BCUT2D eigenvalue weighted by Crippen LogP contribution is 2.63. The number of carboxylic acid groups (broad SMARTS) is 1. The van der Waals surface area contributed by atoms with Gasteiger partial charge in [0.05, 0.1) is 5.92 Å². The van der Waals surface area contributed by atoms with Gasteiger partial charge in [-0.3, -0.25) is 4.79 Å². The second-order valence-corrected chi connectivity index (χ2v) is 5.52. The summed E-state index contributed by atoms with van der Waals surface area (Å²) in [6, 6.07) is 0. The van der Waals surface area contributed by atoms with Crippen LogP contribution in [0.3, 0.4) is 0 Å². The van der Waals surface area contributed by atoms with Crippen LogP contribution in [0.2, 0.25) is 0 Å². The number of hydrogen-bond donors (Lipinski definition) is 2. The van der Waals surface area contributed by atoms with Gasteiger partial charge in [-0.15, -0.1) is 0 Å². The third-order valence-electron chi connectivity index (χ3n) is 4.28. The number of carboxylic acids is 1. The van der Waals surface area contributed by atoms with Gasteiger partial charge in [-0.25, -0.2) is 14.0 Å². The van der Waals surface area contributed by atoms with E-state index in [1.807, 2.05) is 0 Å². The second kappa shape index (κ2) is 6.39. The Balaban J connectivity index is 2.16. The van der Waals surface area contributed by atoms with Gasteiger partial charge >= 0.3 is 18.0 Å². The number of esters is 1. The number of carbonyl (C=O) groups excluding carboxylic acids is 2. The molecule has 1 amide bonds. The molecule has 0 aliphatic heterocycles. The van der Waals surface area contributed by atoms with Crippen molar-refractivity contribution in [3.8, 4) is 0 Å². The van der Waals surface area contributed by atoms with E-state index in [4.69, 9.17) is 4.74 Å². The zero-order valence-electron chi connectivity index (χ0n) is 12.4. The monoisotopic (exact) mass is 327 g/mol. The fraction of sp³-hybridized carbons (Fsp3) is 0.533. The molecule has 2 rings (SSSR count). The van der Waals surface area contributed by atoms with Crippen LogP contribution in [-0.4, -0.2) is 48.1 Å². The molecule has 126 valence electrons. The summed E-state index contributed by atoms with van der Waals surface area (Å²) in [6.45, 7) is 6.61. The largest absolute Gasteiger partial charge is 0.479 e. The number of rotatable bonds is 7. The Bertz CT molecular complexity index is 550. The van der Waals surface area contributed by atoms with Crippen molar-refractivity contribution in [2.45, 2.75) is 18.1 Å². The number of fused-ring (bicyclic) bond motifs is 1. The fourth-order valence-corrected chi connectivity index (χ4v) is 3.31. The van der Waals surface area contributed by atoms with E-state index in [1.54, 1.807) is 0 Å². The molecule has 5 atom stereocenters. The summed E-state index contributed by atoms with van der Waals surface area (Å²) in [4.78, 5) is 35.3. The molecule has 0 spiro atoms. The van der Waals surface area contributed by atoms with Gasteiger partial charge in [0.1, 0.15) is 19.4 Å². The van der Waals surface area contributed by atoms with E-state index in [1.165, 1.54) is 12.2 Å². The summed E-state index contributed by atoms with van der Waals surface area (Å²) in [5.41, 5.74) is -2.18. The summed E-state index contributed by atoms with van der Waals surface area (Å²) in [7, 11) is 0. The molecule has 0 aromatic carbocycles. The molecule has 2 aliphatic carbocycles. The van der Waals surface area contributed by atoms with Crippen LogP contribution in [0, 0.1) is 17.8 Å². The fourth-order valence-electron chi connectivity index (χ4n) is 3.31. The number of amides is 1. The van der Waals surface area contributed by atoms with Crippen molar-refractivity contribution in [2.24, 2.45) is 17.8 Å². The van der Waals surface area contributed by atoms with Crippen LogP contribution < -0.4 is 5.32 Å². The minimum Gasteiger partial charge on any atom is -0.479 e. The molecular weight excluding hydrogens is 309 g/mol. The lowest BCUT2D eigenvalue weighted by Gasteiger charge is -2.30. The van der Waals surface area contributed by atoms with Crippen molar-refractivity contribution in [3.05, 3.63) is 25.3 Å². The number of alkyl halides is 1. The molecule has 0 aromatic rings. The third-order valence-corrected chi connectivity index (χ3v) is 4.28. The second-order valence-electron chi connectivity index (χ2n) is 5.52. The molecule has 0 aromatic heterocycles. The molecule has 0 radical (unpaired) electrons. The average Bonchev–Trinajstić information content (AvgIpc) is 3.14. The number of alkyl carbamates (subject to hydrolysis) is 1. The van der Waals surface area contributed by atoms with Gasteiger partial charge in [-0.1, -0.05) is 25.3 Å². The average molecular weight is 327 g/mol. The number of carbonyl (C=O) groups is 3. The topological polar surface area (TPSA) is 102 Å². The van der Waals surface area contributed by atoms with Crippen molar-refractivity contribution < 1.29 is 33.4 Å². The first-order valence-corrected chi connectivity index (χ1v) is 7.11. The van der Waals surface area contributed by atoms with E-state index in [-0.39, 0.29) is 19.6 Å². The van der Waals surface area contributed by atoms with Gasteiger partial charge in [-0.2, -0.15) is 0 Å². The first-order valence-electron chi connectivity index (χ1n) is 7.11. The molecule has 0 bridgehead atoms. The SMILES string of the molecule is C=CCOC(=O)N[C@]1(C(=O)O)[C@H]2[C@@H](C[C@@H]1F)[C@@H]2C(=O)OCC=C. The molecule has 0 heterocycles. The quantitative estimate of drug-likeness (QED) is 0.535. The molecule has 2 fully saturated rings. The van der Waals surface area contributed by atoms with Gasteiger partial charge in [0, 0.05) is 5.92 Å². The first kappa shape index (κ1) is 17.0. The van der Waals surface area contributed by atoms with E-state index in [2.05, 4.69) is 23.2 Å². The van der Waals surface area contributed by atoms with Crippen LogP contribution in [0.15, 0.2) is 25.3 Å². The van der Waals surface area contributed by atoms with Crippen molar-refractivity contribution in [3.63, 3.8) is 0 Å². The Morgan fingerprint density at radius 2 is 1.87 bits per heavy atom. The Morgan fingerprint density at radius 1 is 1.26 bits per heavy atom. The molecule has 8 heteroatoms. The number of nitrogens with one attached hydrogen (secondary N) is 1. The van der Waals surface area contributed by atoms with Gasteiger partial charge in [0.25, 0.3) is 0 Å². The normalized spacial score (nSPS) is 34.0. The maximum atomic E-state index is 14.3. The predicted molar refractivity (Wildman–Crippen MR) is 76.2 cm³/mol. The molecule has 23 heavy (non-hydrogen) atoms. The van der Waals surface area contributed by atoms with Crippen LogP contribution in [0.1, 0.15) is 6.42 Å². The maximum absolute atomic E-state index is 14.3. The number of halogens is 1. The van der Waals surface area contributed by atoms with Crippen LogP contribution in [-0.2, 0) is 19.1 Å². The zero-order valence-corrected chi connectivity index (χ0v) is 12.4. The Labute approximate surface area is 132 Å². The number of aliphatic carboxylic acids is 1. The lowest BCUT2D eigenvalue weighted by Crippen LogP contribution is -2.61. The van der Waals surface area contributed by atoms with E-state index < -0.39 is 47.5 Å². The minimum atomic E-state index is -2.18. The molecule has 2 aliphatic rings. The molecule has 2 saturated carbocycles. The highest BCUT2D eigenvalue weighted by atomic mass is 19.1. The van der Waals surface area contributed by atoms with Gasteiger partial charge < -0.3 is 19.9 Å². The van der Waals surface area contributed by atoms with Gasteiger partial charge in [-0.05, 0) is 12.3 Å². The lowest BCUT2D eigenvalue weighted by atomic mass is 9.88. The highest BCUT2D eigenvalue weighted by molar-refractivity contribution is 5.90. The summed E-state index contributed by atoms with van der Waals surface area (Å²) >= 11 is 0. The van der Waals surface area contributed by atoms with E-state index in [9.17, 15) is 23.9 Å². The van der Waals surface area contributed by atoms with E-state index >= 15 is 0 Å². The summed E-state index contributed by atoms with van der Waals surface area (Å²) in [5.74, 6) is -4.23. The zero-order chi connectivity index (χ0) is 17.2. The maximum Gasteiger partial charge on any atom is 0.408 e. The summed E-state index contributed by atoms with van der Waals surface area (Å²) in [5, 5.41) is 11.6. The summed E-state index contributed by atoms with van der Waals surface area (Å²) < 4.78 is 23.9. The molecule has 7 nitrogen and oxygen atoms in total. The number of ether oxygens (including phenoxy) is 2. The smallest absolute Gasteiger partial charge is 0.408 e. The third kappa shape index (κ3) is 2.80. The Hall–Kier alpha value is -2.38. The van der Waals surface area contributed by atoms with Crippen molar-refractivity contribution >= 4 is 18.0 Å². The van der Waals surface area contributed by atoms with Crippen molar-refractivity contribution in [1.29, 1.82) is 0 Å². The minimum absolute atomic E-state index is 0.0112. The van der Waals surface area contributed by atoms with E-state index in [0.29, 0.717) is 0 Å². The van der Waals surface area contributed by atoms with Crippen molar-refractivity contribution in [1.82, 2.24) is 5.32 Å². The van der Waals surface area contributed by atoms with E-state index in [0.717, 1.165) is 0 Å².